The van der Waals surface area contributed by atoms with E-state index in [1.54, 1.807) is 0 Å². The van der Waals surface area contributed by atoms with Crippen LogP contribution in [0.4, 0.5) is 5.69 Å². The lowest BCUT2D eigenvalue weighted by molar-refractivity contribution is -0.116. The van der Waals surface area contributed by atoms with Crippen molar-refractivity contribution in [2.45, 2.75) is 38.3 Å². The van der Waals surface area contributed by atoms with Gasteiger partial charge in [-0.25, -0.2) is 0 Å². The average Bonchev–Trinajstić information content (AvgIpc) is 2.83. The van der Waals surface area contributed by atoms with Gasteiger partial charge in [-0.15, -0.1) is 0 Å². The number of nitrogens with two attached hydrogens (primary N) is 1. The molecule has 4 nitrogen and oxygen atoms in total. The van der Waals surface area contributed by atoms with E-state index in [9.17, 15) is 4.79 Å². The van der Waals surface area contributed by atoms with Crippen LogP contribution in [-0.2, 0) is 16.0 Å². The van der Waals surface area contributed by atoms with Gasteiger partial charge in [0.15, 0.2) is 0 Å². The number of hydrogen-bond donors (Lipinski definition) is 2. The minimum absolute atomic E-state index is 0.0143. The first kappa shape index (κ1) is 12.6. The Morgan fingerprint density at radius 2 is 2.26 bits per heavy atom. The zero-order valence-electron chi connectivity index (χ0n) is 11.2. The molecule has 0 aliphatic carbocycles. The Labute approximate surface area is 113 Å². The number of anilines is 1. The van der Waals surface area contributed by atoms with Gasteiger partial charge >= 0.3 is 0 Å². The summed E-state index contributed by atoms with van der Waals surface area (Å²) in [7, 11) is 0. The van der Waals surface area contributed by atoms with Crippen molar-refractivity contribution in [3.63, 3.8) is 0 Å². The number of carbonyl (C=O) groups is 1. The number of nitrogens with one attached hydrogen (secondary N) is 1. The monoisotopic (exact) mass is 260 g/mol. The number of aryl methyl sites for hydroxylation is 1. The van der Waals surface area contributed by atoms with Crippen LogP contribution in [0.15, 0.2) is 18.2 Å². The molecule has 0 saturated carbocycles. The van der Waals surface area contributed by atoms with E-state index >= 15 is 0 Å². The molecule has 4 heteroatoms. The van der Waals surface area contributed by atoms with Gasteiger partial charge in [-0.3, -0.25) is 4.79 Å². The van der Waals surface area contributed by atoms with Crippen LogP contribution in [0.5, 0.6) is 0 Å². The Hall–Kier alpha value is -1.39. The van der Waals surface area contributed by atoms with Crippen LogP contribution in [0.1, 0.15) is 36.9 Å². The second-order valence-electron chi connectivity index (χ2n) is 5.52. The number of rotatable bonds is 2. The van der Waals surface area contributed by atoms with Crippen LogP contribution in [-0.4, -0.2) is 18.6 Å². The molecular weight excluding hydrogens is 240 g/mol. The van der Waals surface area contributed by atoms with Crippen LogP contribution >= 0.6 is 0 Å². The Balaban J connectivity index is 1.83. The molecule has 0 spiro atoms. The van der Waals surface area contributed by atoms with Gasteiger partial charge in [0.2, 0.25) is 5.91 Å². The van der Waals surface area contributed by atoms with Gasteiger partial charge < -0.3 is 15.8 Å². The number of ether oxygens (including phenoxy) is 1. The van der Waals surface area contributed by atoms with E-state index < -0.39 is 0 Å². The standard InChI is InChI=1S/C15H20N2O2/c1-9-12(6-7-19-9)15(16)11-2-4-13-10(8-11)3-5-14(18)17-13/h2,4,8-9,12,15H,3,5-7,16H2,1H3,(H,17,18). The molecule has 19 heavy (non-hydrogen) atoms. The van der Waals surface area contributed by atoms with Gasteiger partial charge in [0.05, 0.1) is 6.10 Å². The van der Waals surface area contributed by atoms with Gasteiger partial charge in [0.1, 0.15) is 0 Å². The molecule has 1 amide bonds. The fourth-order valence-electron chi connectivity index (χ4n) is 3.08. The topological polar surface area (TPSA) is 64.3 Å². The summed E-state index contributed by atoms with van der Waals surface area (Å²) >= 11 is 0. The highest BCUT2D eigenvalue weighted by Gasteiger charge is 2.31. The fourth-order valence-corrected chi connectivity index (χ4v) is 3.08. The molecular formula is C15H20N2O2. The molecule has 0 aromatic heterocycles. The molecule has 3 atom stereocenters. The Kier molecular flexibility index (Phi) is 3.29. The molecule has 1 fully saturated rings. The fraction of sp³-hybridized carbons (Fsp3) is 0.533. The zero-order valence-corrected chi connectivity index (χ0v) is 11.2. The van der Waals surface area contributed by atoms with E-state index in [-0.39, 0.29) is 18.1 Å². The third-order valence-corrected chi connectivity index (χ3v) is 4.31. The minimum Gasteiger partial charge on any atom is -0.378 e. The van der Waals surface area contributed by atoms with Crippen molar-refractivity contribution in [1.29, 1.82) is 0 Å². The summed E-state index contributed by atoms with van der Waals surface area (Å²) in [6.45, 7) is 2.90. The smallest absolute Gasteiger partial charge is 0.224 e. The van der Waals surface area contributed by atoms with Crippen molar-refractivity contribution in [3.05, 3.63) is 29.3 Å². The maximum atomic E-state index is 11.3. The summed E-state index contributed by atoms with van der Waals surface area (Å²) in [5.74, 6) is 0.485. The van der Waals surface area contributed by atoms with Crippen LogP contribution in [0.3, 0.4) is 0 Å². The Morgan fingerprint density at radius 3 is 3.00 bits per heavy atom. The van der Waals surface area contributed by atoms with Crippen LogP contribution in [0.2, 0.25) is 0 Å². The van der Waals surface area contributed by atoms with E-state index in [4.69, 9.17) is 10.5 Å². The van der Waals surface area contributed by atoms with E-state index in [1.165, 1.54) is 5.56 Å². The lowest BCUT2D eigenvalue weighted by Gasteiger charge is -2.24. The second-order valence-corrected chi connectivity index (χ2v) is 5.52. The number of amides is 1. The molecule has 2 aliphatic rings. The summed E-state index contributed by atoms with van der Waals surface area (Å²) in [5, 5.41) is 2.90. The van der Waals surface area contributed by atoms with Crippen molar-refractivity contribution in [3.8, 4) is 0 Å². The van der Waals surface area contributed by atoms with Crippen LogP contribution in [0, 0.1) is 5.92 Å². The molecule has 2 aliphatic heterocycles. The van der Waals surface area contributed by atoms with E-state index in [0.717, 1.165) is 30.7 Å². The number of carbonyl (C=O) groups excluding carboxylic acids is 1. The maximum Gasteiger partial charge on any atom is 0.224 e. The quantitative estimate of drug-likeness (QED) is 0.854. The third kappa shape index (κ3) is 2.38. The Morgan fingerprint density at radius 1 is 1.42 bits per heavy atom. The molecule has 3 rings (SSSR count). The minimum atomic E-state index is 0.0143. The Bertz CT molecular complexity index is 501. The molecule has 0 radical (unpaired) electrons. The van der Waals surface area contributed by atoms with Crippen molar-refractivity contribution in [1.82, 2.24) is 0 Å². The lowest BCUT2D eigenvalue weighted by Crippen LogP contribution is -2.27. The molecule has 102 valence electrons. The van der Waals surface area contributed by atoms with Crippen molar-refractivity contribution in [2.75, 3.05) is 11.9 Å². The molecule has 1 aromatic carbocycles. The molecule has 3 unspecified atom stereocenters. The van der Waals surface area contributed by atoms with Crippen LogP contribution in [0.25, 0.3) is 0 Å². The van der Waals surface area contributed by atoms with Crippen molar-refractivity contribution >= 4 is 11.6 Å². The highest BCUT2D eigenvalue weighted by molar-refractivity contribution is 5.93. The summed E-state index contributed by atoms with van der Waals surface area (Å²) in [6, 6.07) is 6.16. The summed E-state index contributed by atoms with van der Waals surface area (Å²) < 4.78 is 5.60. The second kappa shape index (κ2) is 4.94. The summed E-state index contributed by atoms with van der Waals surface area (Å²) in [6.07, 6.45) is 2.62. The maximum absolute atomic E-state index is 11.3. The van der Waals surface area contributed by atoms with Crippen LogP contribution < -0.4 is 11.1 Å². The first-order chi connectivity index (χ1) is 9.15. The predicted molar refractivity (Wildman–Crippen MR) is 73.8 cm³/mol. The molecule has 0 bridgehead atoms. The zero-order chi connectivity index (χ0) is 13.4. The highest BCUT2D eigenvalue weighted by Crippen LogP contribution is 2.33. The van der Waals surface area contributed by atoms with E-state index in [0.29, 0.717) is 12.3 Å². The molecule has 1 saturated heterocycles. The molecule has 2 heterocycles. The predicted octanol–water partition coefficient (Wildman–Crippen LogP) is 2.00. The first-order valence-corrected chi connectivity index (χ1v) is 6.95. The van der Waals surface area contributed by atoms with E-state index in [2.05, 4.69) is 18.3 Å². The normalized spacial score (nSPS) is 27.8. The molecule has 1 aromatic rings. The van der Waals surface area contributed by atoms with Gasteiger partial charge in [-0.05, 0) is 37.0 Å². The lowest BCUT2D eigenvalue weighted by atomic mass is 9.87. The van der Waals surface area contributed by atoms with E-state index in [1.807, 2.05) is 12.1 Å². The largest absolute Gasteiger partial charge is 0.378 e. The summed E-state index contributed by atoms with van der Waals surface area (Å²) in [4.78, 5) is 11.3. The molecule has 3 N–H and O–H groups in total. The summed E-state index contributed by atoms with van der Waals surface area (Å²) in [5.41, 5.74) is 9.66. The highest BCUT2D eigenvalue weighted by atomic mass is 16.5. The number of benzene rings is 1. The third-order valence-electron chi connectivity index (χ3n) is 4.31. The van der Waals surface area contributed by atoms with Crippen molar-refractivity contribution < 1.29 is 9.53 Å². The van der Waals surface area contributed by atoms with Gasteiger partial charge in [-0.2, -0.15) is 0 Å². The average molecular weight is 260 g/mol. The number of hydrogen-bond acceptors (Lipinski definition) is 3. The van der Waals surface area contributed by atoms with Gasteiger partial charge in [-0.1, -0.05) is 12.1 Å². The van der Waals surface area contributed by atoms with Gasteiger partial charge in [0.25, 0.3) is 0 Å². The first-order valence-electron chi connectivity index (χ1n) is 6.95. The van der Waals surface area contributed by atoms with Gasteiger partial charge in [0, 0.05) is 30.7 Å². The number of fused-ring (bicyclic) bond motifs is 1. The van der Waals surface area contributed by atoms with Crippen molar-refractivity contribution in [2.24, 2.45) is 11.7 Å². The SMILES string of the molecule is CC1OCCC1C(N)c1ccc2c(c1)CCC(=O)N2.